The number of hydrogen-bond acceptors (Lipinski definition) is 8. The van der Waals surface area contributed by atoms with Crippen LogP contribution >= 0.6 is 11.6 Å². The highest BCUT2D eigenvalue weighted by atomic mass is 35.5. The van der Waals surface area contributed by atoms with Crippen LogP contribution < -0.4 is 14.8 Å². The fraction of sp³-hybridized carbons (Fsp3) is 0.333. The number of benzene rings is 1. The lowest BCUT2D eigenvalue weighted by Gasteiger charge is -2.16. The number of aromatic nitrogens is 3. The summed E-state index contributed by atoms with van der Waals surface area (Å²) in [6, 6.07) is 6.73. The van der Waals surface area contributed by atoms with Gasteiger partial charge in [0.15, 0.2) is 0 Å². The molecule has 0 fully saturated rings. The molecule has 0 radical (unpaired) electrons. The summed E-state index contributed by atoms with van der Waals surface area (Å²) in [6.07, 6.45) is 1.43. The Morgan fingerprint density at radius 2 is 2.26 bits per heavy atom. The molecule has 162 valence electrons. The molecule has 0 saturated carbocycles. The first-order valence-electron chi connectivity index (χ1n) is 9.80. The quantitative estimate of drug-likeness (QED) is 0.585. The summed E-state index contributed by atoms with van der Waals surface area (Å²) in [6.45, 7) is 4.69. The van der Waals surface area contributed by atoms with E-state index in [-0.39, 0.29) is 24.5 Å². The van der Waals surface area contributed by atoms with Gasteiger partial charge in [-0.25, -0.2) is 4.98 Å². The smallest absolute Gasteiger partial charge is 0.305 e. The highest BCUT2D eigenvalue weighted by Crippen LogP contribution is 2.38. The van der Waals surface area contributed by atoms with E-state index in [4.69, 9.17) is 25.6 Å². The molecule has 0 aliphatic carbocycles. The maximum Gasteiger partial charge on any atom is 0.305 e. The number of hydrogen-bond donors (Lipinski definition) is 2. The molecule has 3 heterocycles. The predicted octanol–water partition coefficient (Wildman–Crippen LogP) is 3.74. The van der Waals surface area contributed by atoms with Gasteiger partial charge in [0.25, 0.3) is 5.89 Å². The summed E-state index contributed by atoms with van der Waals surface area (Å²) in [4.78, 5) is 20.0. The van der Waals surface area contributed by atoms with Crippen LogP contribution in [-0.2, 0) is 4.79 Å². The maximum absolute atomic E-state index is 11.3. The number of halogens is 1. The molecule has 1 aromatic carbocycles. The van der Waals surface area contributed by atoms with Gasteiger partial charge in [-0.1, -0.05) is 28.9 Å². The zero-order valence-electron chi connectivity index (χ0n) is 17.0. The van der Waals surface area contributed by atoms with Crippen LogP contribution in [0.2, 0.25) is 5.02 Å². The van der Waals surface area contributed by atoms with Gasteiger partial charge in [0, 0.05) is 24.3 Å². The molecule has 1 aliphatic rings. The zero-order valence-corrected chi connectivity index (χ0v) is 17.7. The fourth-order valence-electron chi connectivity index (χ4n) is 3.32. The number of fused-ring (bicyclic) bond motifs is 1. The second kappa shape index (κ2) is 8.91. The minimum absolute atomic E-state index is 0.0568. The van der Waals surface area contributed by atoms with Gasteiger partial charge in [0.2, 0.25) is 11.7 Å². The lowest BCUT2D eigenvalue weighted by Crippen LogP contribution is -2.24. The van der Waals surface area contributed by atoms with Crippen molar-refractivity contribution in [2.24, 2.45) is 0 Å². The standard InChI is InChI=1S/C21H21ClN4O5/c1-11(2)30-21-15(22)8-12(10-24-21)20-25-19(26-31-20)14-5-3-4-13-16(9-17(27)28)23-6-7-29-18(13)14/h3-5,8,10-11,16,23H,6-7,9H2,1-2H3,(H,27,28). The third kappa shape index (κ3) is 4.62. The average Bonchev–Trinajstić information content (AvgIpc) is 3.12. The SMILES string of the molecule is CC(C)Oc1ncc(-c2nc(-c3cccc4c3OCCNC4CC(=O)O)no2)cc1Cl. The Balaban J connectivity index is 1.67. The molecule has 1 unspecified atom stereocenters. The van der Waals surface area contributed by atoms with Crippen LogP contribution in [-0.4, -0.2) is 45.5 Å². The third-order valence-electron chi connectivity index (χ3n) is 4.61. The van der Waals surface area contributed by atoms with Crippen molar-refractivity contribution < 1.29 is 23.9 Å². The maximum atomic E-state index is 11.3. The van der Waals surface area contributed by atoms with Gasteiger partial charge < -0.3 is 24.4 Å². The Kier molecular flexibility index (Phi) is 6.06. The van der Waals surface area contributed by atoms with Crippen molar-refractivity contribution in [2.75, 3.05) is 13.2 Å². The van der Waals surface area contributed by atoms with Crippen molar-refractivity contribution in [1.29, 1.82) is 0 Å². The molecule has 2 N–H and O–H groups in total. The van der Waals surface area contributed by atoms with E-state index < -0.39 is 5.97 Å². The molecule has 0 saturated heterocycles. The Morgan fingerprint density at radius 1 is 1.42 bits per heavy atom. The van der Waals surface area contributed by atoms with E-state index in [0.717, 1.165) is 5.56 Å². The van der Waals surface area contributed by atoms with Gasteiger partial charge in [0.1, 0.15) is 17.4 Å². The van der Waals surface area contributed by atoms with E-state index >= 15 is 0 Å². The first-order chi connectivity index (χ1) is 14.9. The lowest BCUT2D eigenvalue weighted by molar-refractivity contribution is -0.137. The third-order valence-corrected chi connectivity index (χ3v) is 4.88. The van der Waals surface area contributed by atoms with Crippen LogP contribution in [0.5, 0.6) is 11.6 Å². The summed E-state index contributed by atoms with van der Waals surface area (Å²) in [5.74, 6) is 0.544. The molecule has 0 amide bonds. The van der Waals surface area contributed by atoms with Crippen molar-refractivity contribution in [3.63, 3.8) is 0 Å². The second-order valence-electron chi connectivity index (χ2n) is 7.28. The first kappa shape index (κ1) is 21.1. The second-order valence-corrected chi connectivity index (χ2v) is 7.68. The van der Waals surface area contributed by atoms with Crippen molar-refractivity contribution in [1.82, 2.24) is 20.4 Å². The number of rotatable bonds is 6. The molecule has 2 aromatic heterocycles. The highest BCUT2D eigenvalue weighted by molar-refractivity contribution is 6.32. The number of aliphatic carboxylic acids is 1. The molecule has 31 heavy (non-hydrogen) atoms. The van der Waals surface area contributed by atoms with Gasteiger partial charge in [-0.05, 0) is 26.0 Å². The largest absolute Gasteiger partial charge is 0.491 e. The summed E-state index contributed by atoms with van der Waals surface area (Å²) in [7, 11) is 0. The van der Waals surface area contributed by atoms with Gasteiger partial charge >= 0.3 is 5.97 Å². The fourth-order valence-corrected chi connectivity index (χ4v) is 3.53. The van der Waals surface area contributed by atoms with Crippen molar-refractivity contribution in [3.8, 4) is 34.5 Å². The molecule has 1 atom stereocenters. The topological polar surface area (TPSA) is 120 Å². The molecular weight excluding hydrogens is 424 g/mol. The van der Waals surface area contributed by atoms with E-state index in [1.165, 1.54) is 0 Å². The number of ether oxygens (including phenoxy) is 2. The Hall–Kier alpha value is -3.17. The molecule has 0 spiro atoms. The number of carboxylic acid groups (broad SMARTS) is 1. The minimum atomic E-state index is -0.896. The lowest BCUT2D eigenvalue weighted by atomic mass is 9.99. The number of nitrogens with one attached hydrogen (secondary N) is 1. The number of nitrogens with zero attached hydrogens (tertiary/aromatic N) is 3. The monoisotopic (exact) mass is 444 g/mol. The van der Waals surface area contributed by atoms with Gasteiger partial charge in [-0.2, -0.15) is 4.98 Å². The van der Waals surface area contributed by atoms with Crippen LogP contribution in [0.4, 0.5) is 0 Å². The normalized spacial score (nSPS) is 15.8. The molecule has 4 rings (SSSR count). The van der Waals surface area contributed by atoms with Crippen LogP contribution in [0.3, 0.4) is 0 Å². The summed E-state index contributed by atoms with van der Waals surface area (Å²) >= 11 is 6.27. The van der Waals surface area contributed by atoms with E-state index in [9.17, 15) is 9.90 Å². The average molecular weight is 445 g/mol. The Bertz CT molecular complexity index is 1100. The van der Waals surface area contributed by atoms with Crippen molar-refractivity contribution in [2.45, 2.75) is 32.4 Å². The van der Waals surface area contributed by atoms with Gasteiger partial charge in [-0.3, -0.25) is 4.79 Å². The first-order valence-corrected chi connectivity index (χ1v) is 10.2. The number of pyridine rings is 1. The highest BCUT2D eigenvalue weighted by Gasteiger charge is 2.26. The van der Waals surface area contributed by atoms with E-state index in [0.29, 0.717) is 46.8 Å². The van der Waals surface area contributed by atoms with Gasteiger partial charge in [0.05, 0.1) is 23.7 Å². The summed E-state index contributed by atoms with van der Waals surface area (Å²) in [5.41, 5.74) is 1.90. The van der Waals surface area contributed by atoms with Crippen LogP contribution in [0.25, 0.3) is 22.8 Å². The molecule has 9 nitrogen and oxygen atoms in total. The Labute approximate surface area is 183 Å². The minimum Gasteiger partial charge on any atom is -0.491 e. The van der Waals surface area contributed by atoms with Crippen molar-refractivity contribution in [3.05, 3.63) is 41.0 Å². The van der Waals surface area contributed by atoms with Gasteiger partial charge in [-0.15, -0.1) is 0 Å². The number of para-hydroxylation sites is 1. The van der Waals surface area contributed by atoms with E-state index in [1.807, 2.05) is 26.0 Å². The van der Waals surface area contributed by atoms with Crippen LogP contribution in [0.1, 0.15) is 31.9 Å². The summed E-state index contributed by atoms with van der Waals surface area (Å²) < 4.78 is 16.9. The summed E-state index contributed by atoms with van der Waals surface area (Å²) in [5, 5.41) is 16.9. The molecule has 10 heteroatoms. The zero-order chi connectivity index (χ0) is 22.0. The molecule has 1 aliphatic heterocycles. The molecule has 3 aromatic rings. The van der Waals surface area contributed by atoms with E-state index in [2.05, 4.69) is 20.4 Å². The predicted molar refractivity (Wildman–Crippen MR) is 112 cm³/mol. The molecular formula is C21H21ClN4O5. The van der Waals surface area contributed by atoms with Crippen molar-refractivity contribution >= 4 is 17.6 Å². The van der Waals surface area contributed by atoms with Crippen LogP contribution in [0.15, 0.2) is 35.0 Å². The van der Waals surface area contributed by atoms with Crippen LogP contribution in [0, 0.1) is 0 Å². The molecule has 0 bridgehead atoms. The number of carbonyl (C=O) groups is 1. The Morgan fingerprint density at radius 3 is 3.00 bits per heavy atom. The number of carboxylic acids is 1. The van der Waals surface area contributed by atoms with E-state index in [1.54, 1.807) is 18.3 Å².